The molecule has 7 nitrogen and oxygen atoms in total. The number of amides is 1. The zero-order chi connectivity index (χ0) is 13.7. The number of rotatable bonds is 4. The van der Waals surface area contributed by atoms with Gasteiger partial charge >= 0.3 is 6.09 Å². The highest BCUT2D eigenvalue weighted by Crippen LogP contribution is 2.13. The SMILES string of the molecule is CCOC(=O)N(C)c1nc(Cl)nc(NC(C)C)n1. The highest BCUT2D eigenvalue weighted by molar-refractivity contribution is 6.28. The van der Waals surface area contributed by atoms with Crippen molar-refractivity contribution in [1.82, 2.24) is 15.0 Å². The summed E-state index contributed by atoms with van der Waals surface area (Å²) in [5, 5.41) is 3.00. The molecule has 0 aliphatic rings. The van der Waals surface area contributed by atoms with Crippen LogP contribution in [0.1, 0.15) is 20.8 Å². The predicted molar refractivity (Wildman–Crippen MR) is 69.0 cm³/mol. The molecule has 1 heterocycles. The van der Waals surface area contributed by atoms with Crippen LogP contribution < -0.4 is 10.2 Å². The number of hydrogen-bond donors (Lipinski definition) is 1. The number of aromatic nitrogens is 3. The van der Waals surface area contributed by atoms with Crippen LogP contribution in [0.25, 0.3) is 0 Å². The lowest BCUT2D eigenvalue weighted by Gasteiger charge is -2.15. The van der Waals surface area contributed by atoms with E-state index in [1.54, 1.807) is 6.92 Å². The largest absolute Gasteiger partial charge is 0.449 e. The van der Waals surface area contributed by atoms with Crippen molar-refractivity contribution >= 4 is 29.6 Å². The first-order valence-electron chi connectivity index (χ1n) is 5.52. The second kappa shape index (κ2) is 6.34. The minimum atomic E-state index is -0.546. The van der Waals surface area contributed by atoms with Gasteiger partial charge in [-0.3, -0.25) is 0 Å². The fourth-order valence-corrected chi connectivity index (χ4v) is 1.27. The molecule has 8 heteroatoms. The maximum Gasteiger partial charge on any atom is 0.416 e. The minimum Gasteiger partial charge on any atom is -0.449 e. The van der Waals surface area contributed by atoms with Gasteiger partial charge in [0.1, 0.15) is 0 Å². The maximum absolute atomic E-state index is 11.5. The number of nitrogens with one attached hydrogen (secondary N) is 1. The summed E-state index contributed by atoms with van der Waals surface area (Å²) in [6.07, 6.45) is -0.546. The Kier molecular flexibility index (Phi) is 5.08. The van der Waals surface area contributed by atoms with Gasteiger partial charge in [0.2, 0.25) is 17.2 Å². The molecule has 18 heavy (non-hydrogen) atoms. The van der Waals surface area contributed by atoms with E-state index in [0.29, 0.717) is 5.95 Å². The van der Waals surface area contributed by atoms with Crippen LogP contribution in [0.4, 0.5) is 16.7 Å². The topological polar surface area (TPSA) is 80.2 Å². The monoisotopic (exact) mass is 273 g/mol. The van der Waals surface area contributed by atoms with Gasteiger partial charge in [-0.2, -0.15) is 15.0 Å². The highest BCUT2D eigenvalue weighted by atomic mass is 35.5. The van der Waals surface area contributed by atoms with Crippen molar-refractivity contribution in [2.45, 2.75) is 26.8 Å². The van der Waals surface area contributed by atoms with Crippen LogP contribution in [0, 0.1) is 0 Å². The van der Waals surface area contributed by atoms with Gasteiger partial charge in [-0.15, -0.1) is 0 Å². The van der Waals surface area contributed by atoms with Crippen molar-refractivity contribution in [3.63, 3.8) is 0 Å². The van der Waals surface area contributed by atoms with E-state index in [1.807, 2.05) is 13.8 Å². The van der Waals surface area contributed by atoms with Gasteiger partial charge in [-0.05, 0) is 32.4 Å². The van der Waals surface area contributed by atoms with Gasteiger partial charge in [-0.1, -0.05) is 0 Å². The molecule has 0 aliphatic heterocycles. The fraction of sp³-hybridized carbons (Fsp3) is 0.600. The van der Waals surface area contributed by atoms with Gasteiger partial charge in [0.05, 0.1) is 6.61 Å². The van der Waals surface area contributed by atoms with Gasteiger partial charge < -0.3 is 10.1 Å². The van der Waals surface area contributed by atoms with Crippen molar-refractivity contribution in [2.24, 2.45) is 0 Å². The maximum atomic E-state index is 11.5. The number of carbonyl (C=O) groups is 1. The normalized spacial score (nSPS) is 10.3. The molecule has 1 rings (SSSR count). The first-order valence-corrected chi connectivity index (χ1v) is 5.90. The number of nitrogens with zero attached hydrogens (tertiary/aromatic N) is 4. The molecule has 0 unspecified atom stereocenters. The Morgan fingerprint density at radius 3 is 2.67 bits per heavy atom. The van der Waals surface area contributed by atoms with Gasteiger partial charge in [0.15, 0.2) is 0 Å². The summed E-state index contributed by atoms with van der Waals surface area (Å²) in [6, 6.07) is 0.143. The van der Waals surface area contributed by atoms with E-state index in [-0.39, 0.29) is 23.9 Å². The Labute approximate surface area is 111 Å². The van der Waals surface area contributed by atoms with Crippen molar-refractivity contribution in [3.8, 4) is 0 Å². The van der Waals surface area contributed by atoms with Gasteiger partial charge in [-0.25, -0.2) is 9.69 Å². The second-order valence-electron chi connectivity index (χ2n) is 3.79. The van der Waals surface area contributed by atoms with E-state index in [2.05, 4.69) is 20.3 Å². The Hall–Kier alpha value is -1.63. The lowest BCUT2D eigenvalue weighted by molar-refractivity contribution is 0.161. The third-order valence-corrected chi connectivity index (χ3v) is 2.02. The van der Waals surface area contributed by atoms with E-state index >= 15 is 0 Å². The summed E-state index contributed by atoms with van der Waals surface area (Å²) in [4.78, 5) is 24.6. The summed E-state index contributed by atoms with van der Waals surface area (Å²) in [5.74, 6) is 0.452. The lowest BCUT2D eigenvalue weighted by Crippen LogP contribution is -2.29. The standard InChI is InChI=1S/C10H16ClN5O2/c1-5-18-10(17)16(4)9-14-7(11)13-8(15-9)12-6(2)3/h6H,5H2,1-4H3,(H,12,13,14,15). The Bertz CT molecular complexity index is 427. The van der Waals surface area contributed by atoms with Gasteiger partial charge in [0, 0.05) is 13.1 Å². The molecule has 1 N–H and O–H groups in total. The van der Waals surface area contributed by atoms with Crippen LogP contribution >= 0.6 is 11.6 Å². The average molecular weight is 274 g/mol. The van der Waals surface area contributed by atoms with Crippen molar-refractivity contribution < 1.29 is 9.53 Å². The first-order chi connectivity index (χ1) is 8.43. The smallest absolute Gasteiger partial charge is 0.416 e. The summed E-state index contributed by atoms with van der Waals surface area (Å²) >= 11 is 5.78. The van der Waals surface area contributed by atoms with Crippen molar-refractivity contribution in [2.75, 3.05) is 23.9 Å². The minimum absolute atomic E-state index is 0.0132. The first kappa shape index (κ1) is 14.4. The lowest BCUT2D eigenvalue weighted by atomic mass is 10.4. The molecule has 0 aromatic carbocycles. The van der Waals surface area contributed by atoms with Crippen LogP contribution in [-0.4, -0.2) is 40.7 Å². The summed E-state index contributed by atoms with van der Waals surface area (Å²) in [5.41, 5.74) is 0. The molecular weight excluding hydrogens is 258 g/mol. The second-order valence-corrected chi connectivity index (χ2v) is 4.12. The molecule has 100 valence electrons. The number of carbonyl (C=O) groups excluding carboxylic acids is 1. The summed E-state index contributed by atoms with van der Waals surface area (Å²) in [7, 11) is 1.50. The molecule has 0 saturated heterocycles. The highest BCUT2D eigenvalue weighted by Gasteiger charge is 2.17. The van der Waals surface area contributed by atoms with Crippen molar-refractivity contribution in [3.05, 3.63) is 5.28 Å². The number of hydrogen-bond acceptors (Lipinski definition) is 6. The molecule has 0 radical (unpaired) electrons. The number of ether oxygens (including phenoxy) is 1. The van der Waals surface area contributed by atoms with E-state index in [9.17, 15) is 4.79 Å². The van der Waals surface area contributed by atoms with Crippen LogP contribution in [0.3, 0.4) is 0 Å². The van der Waals surface area contributed by atoms with E-state index in [4.69, 9.17) is 16.3 Å². The summed E-state index contributed by atoms with van der Waals surface area (Å²) < 4.78 is 4.84. The quantitative estimate of drug-likeness (QED) is 0.903. The molecular formula is C10H16ClN5O2. The Morgan fingerprint density at radius 1 is 1.44 bits per heavy atom. The molecule has 0 atom stereocenters. The van der Waals surface area contributed by atoms with E-state index in [1.165, 1.54) is 11.9 Å². The summed E-state index contributed by atoms with van der Waals surface area (Å²) in [6.45, 7) is 5.87. The Morgan fingerprint density at radius 2 is 2.11 bits per heavy atom. The van der Waals surface area contributed by atoms with Gasteiger partial charge in [0.25, 0.3) is 0 Å². The van der Waals surface area contributed by atoms with Crippen LogP contribution in [-0.2, 0) is 4.74 Å². The predicted octanol–water partition coefficient (Wildman–Crippen LogP) is 1.94. The molecule has 0 spiro atoms. The third kappa shape index (κ3) is 3.99. The zero-order valence-electron chi connectivity index (χ0n) is 10.8. The molecule has 0 bridgehead atoms. The van der Waals surface area contributed by atoms with Crippen molar-refractivity contribution in [1.29, 1.82) is 0 Å². The third-order valence-electron chi connectivity index (χ3n) is 1.86. The molecule has 0 saturated carbocycles. The average Bonchev–Trinajstić information content (AvgIpc) is 2.26. The molecule has 0 aliphatic carbocycles. The fourth-order valence-electron chi connectivity index (χ4n) is 1.11. The number of halogens is 1. The Balaban J connectivity index is 2.94. The molecule has 1 aromatic heterocycles. The van der Waals surface area contributed by atoms with E-state index < -0.39 is 6.09 Å². The number of anilines is 2. The molecule has 1 aromatic rings. The van der Waals surface area contributed by atoms with Crippen LogP contribution in [0.5, 0.6) is 0 Å². The van der Waals surface area contributed by atoms with E-state index in [0.717, 1.165) is 0 Å². The molecule has 1 amide bonds. The van der Waals surface area contributed by atoms with Crippen LogP contribution in [0.15, 0.2) is 0 Å². The molecule has 0 fully saturated rings. The zero-order valence-corrected chi connectivity index (χ0v) is 11.5. The van der Waals surface area contributed by atoms with Crippen LogP contribution in [0.2, 0.25) is 5.28 Å².